The summed E-state index contributed by atoms with van der Waals surface area (Å²) in [7, 11) is 1.77. The van der Waals surface area contributed by atoms with Gasteiger partial charge in [-0.2, -0.15) is 11.8 Å². The van der Waals surface area contributed by atoms with E-state index in [1.807, 2.05) is 11.8 Å². The van der Waals surface area contributed by atoms with Crippen LogP contribution in [-0.4, -0.2) is 52.9 Å². The van der Waals surface area contributed by atoms with Gasteiger partial charge in [-0.1, -0.05) is 11.3 Å². The van der Waals surface area contributed by atoms with Gasteiger partial charge in [0.25, 0.3) is 0 Å². The molecule has 0 bridgehead atoms. The van der Waals surface area contributed by atoms with Crippen LogP contribution in [0, 0.1) is 5.92 Å². The van der Waals surface area contributed by atoms with E-state index in [0.717, 1.165) is 24.3 Å². The van der Waals surface area contributed by atoms with E-state index in [9.17, 15) is 4.79 Å². The van der Waals surface area contributed by atoms with E-state index in [1.54, 1.807) is 7.11 Å². The third-order valence-electron chi connectivity index (χ3n) is 5.03. The molecule has 1 saturated heterocycles. The van der Waals surface area contributed by atoms with E-state index >= 15 is 0 Å². The van der Waals surface area contributed by atoms with Crippen LogP contribution in [0.4, 0.5) is 5.13 Å². The molecule has 4 N–H and O–H groups in total. The average molecular weight is 386 g/mol. The van der Waals surface area contributed by atoms with E-state index in [-0.39, 0.29) is 24.0 Å². The second-order valence-electron chi connectivity index (χ2n) is 6.70. The van der Waals surface area contributed by atoms with Gasteiger partial charge in [0.05, 0.1) is 12.6 Å². The minimum atomic E-state index is 0.0205. The van der Waals surface area contributed by atoms with Crippen LogP contribution in [0.3, 0.4) is 0 Å². The van der Waals surface area contributed by atoms with Crippen molar-refractivity contribution in [1.29, 1.82) is 0 Å². The molecule has 2 fully saturated rings. The smallest absolute Gasteiger partial charge is 0.223 e. The normalized spacial score (nSPS) is 28.0. The third kappa shape index (κ3) is 5.29. The summed E-state index contributed by atoms with van der Waals surface area (Å²) in [5.74, 6) is 2.55. The number of hydrogen-bond donors (Lipinski definition) is 3. The Kier molecular flexibility index (Phi) is 6.92. The molecule has 2 aliphatic rings. The highest BCUT2D eigenvalue weighted by molar-refractivity contribution is 7.99. The quantitative estimate of drug-likeness (QED) is 0.680. The molecule has 2 heterocycles. The first-order chi connectivity index (χ1) is 12.2. The second kappa shape index (κ2) is 9.16. The zero-order valence-corrected chi connectivity index (χ0v) is 16.2. The fourth-order valence-electron chi connectivity index (χ4n) is 3.65. The molecule has 0 aromatic carbocycles. The fraction of sp³-hybridized carbons (Fsp3) is 0.812. The summed E-state index contributed by atoms with van der Waals surface area (Å²) in [5, 5.41) is 15.6. The fourth-order valence-corrected chi connectivity index (χ4v) is 5.31. The largest absolute Gasteiger partial charge is 0.380 e. The number of thioether (sulfide) groups is 1. The molecule has 3 rings (SSSR count). The van der Waals surface area contributed by atoms with Crippen LogP contribution in [0.1, 0.15) is 37.1 Å². The van der Waals surface area contributed by atoms with Crippen LogP contribution >= 0.6 is 23.1 Å². The van der Waals surface area contributed by atoms with Gasteiger partial charge in [0.15, 0.2) is 0 Å². The molecule has 0 unspecified atom stereocenters. The average Bonchev–Trinajstić information content (AvgIpc) is 3.06. The maximum absolute atomic E-state index is 12.6. The van der Waals surface area contributed by atoms with Crippen LogP contribution < -0.4 is 16.4 Å². The molecule has 1 aromatic heterocycles. The molecule has 1 aliphatic carbocycles. The number of nitrogens with two attached hydrogens (primary N) is 1. The summed E-state index contributed by atoms with van der Waals surface area (Å²) in [5.41, 5.74) is 5.57. The highest BCUT2D eigenvalue weighted by Gasteiger charge is 2.35. The van der Waals surface area contributed by atoms with Crippen LogP contribution in [0.2, 0.25) is 0 Å². The molecule has 1 aromatic rings. The molecule has 0 radical (unpaired) electrons. The topological polar surface area (TPSA) is 102 Å². The zero-order chi connectivity index (χ0) is 17.6. The Morgan fingerprint density at radius 2 is 2.08 bits per heavy atom. The van der Waals surface area contributed by atoms with E-state index in [1.165, 1.54) is 35.7 Å². The first-order valence-corrected chi connectivity index (χ1v) is 10.8. The van der Waals surface area contributed by atoms with Crippen molar-refractivity contribution in [2.24, 2.45) is 5.92 Å². The van der Waals surface area contributed by atoms with Gasteiger partial charge < -0.3 is 21.1 Å². The van der Waals surface area contributed by atoms with Crippen molar-refractivity contribution in [2.75, 3.05) is 24.3 Å². The van der Waals surface area contributed by atoms with E-state index in [0.29, 0.717) is 17.7 Å². The van der Waals surface area contributed by atoms with Crippen molar-refractivity contribution in [3.8, 4) is 0 Å². The number of carbonyl (C=O) groups excluding carboxylic acids is 1. The number of nitrogen functional groups attached to an aromatic ring is 1. The molecule has 7 nitrogen and oxygen atoms in total. The Bertz CT molecular complexity index is 564. The van der Waals surface area contributed by atoms with Crippen LogP contribution in [-0.2, 0) is 16.1 Å². The number of amides is 1. The Morgan fingerprint density at radius 1 is 1.28 bits per heavy atom. The first-order valence-electron chi connectivity index (χ1n) is 8.88. The number of carbonyl (C=O) groups is 1. The van der Waals surface area contributed by atoms with Gasteiger partial charge in [-0.25, -0.2) is 0 Å². The standard InChI is InChI=1S/C16H27N5O2S2/c1-23-13-3-2-10(8-12(13)19-11-4-6-24-7-5-11)15(22)18-9-14-20-21-16(17)25-14/h10-13,19H,2-9H2,1H3,(H2,17,21)(H,18,22)/t10-,12+,13+/m0/s1. The van der Waals surface area contributed by atoms with E-state index < -0.39 is 0 Å². The van der Waals surface area contributed by atoms with Crippen LogP contribution in [0.5, 0.6) is 0 Å². The lowest BCUT2D eigenvalue weighted by atomic mass is 9.82. The summed E-state index contributed by atoms with van der Waals surface area (Å²) in [6.45, 7) is 0.399. The molecule has 1 aliphatic heterocycles. The Balaban J connectivity index is 1.51. The maximum atomic E-state index is 12.6. The van der Waals surface area contributed by atoms with Gasteiger partial charge in [0, 0.05) is 25.1 Å². The second-order valence-corrected chi connectivity index (χ2v) is 9.01. The van der Waals surface area contributed by atoms with Gasteiger partial charge in [-0.05, 0) is 43.6 Å². The molecule has 1 saturated carbocycles. The summed E-state index contributed by atoms with van der Waals surface area (Å²) in [6.07, 6.45) is 5.20. The minimum absolute atomic E-state index is 0.0205. The number of ether oxygens (including phenoxy) is 1. The van der Waals surface area contributed by atoms with Crippen molar-refractivity contribution >= 4 is 34.1 Å². The van der Waals surface area contributed by atoms with Crippen molar-refractivity contribution < 1.29 is 9.53 Å². The number of rotatable bonds is 6. The Labute approximate surface area is 156 Å². The van der Waals surface area contributed by atoms with E-state index in [4.69, 9.17) is 10.5 Å². The molecule has 0 spiro atoms. The minimum Gasteiger partial charge on any atom is -0.380 e. The molecular formula is C16H27N5O2S2. The predicted molar refractivity (Wildman–Crippen MR) is 102 cm³/mol. The molecule has 140 valence electrons. The number of nitrogens with one attached hydrogen (secondary N) is 2. The molecular weight excluding hydrogens is 358 g/mol. The maximum Gasteiger partial charge on any atom is 0.223 e. The predicted octanol–water partition coefficient (Wildman–Crippen LogP) is 1.41. The summed E-state index contributed by atoms with van der Waals surface area (Å²) in [4.78, 5) is 12.6. The monoisotopic (exact) mass is 385 g/mol. The van der Waals surface area contributed by atoms with Gasteiger partial charge in [0.2, 0.25) is 11.0 Å². The van der Waals surface area contributed by atoms with Gasteiger partial charge in [-0.15, -0.1) is 10.2 Å². The van der Waals surface area contributed by atoms with E-state index in [2.05, 4.69) is 20.8 Å². The summed E-state index contributed by atoms with van der Waals surface area (Å²) >= 11 is 3.34. The summed E-state index contributed by atoms with van der Waals surface area (Å²) in [6, 6.07) is 0.801. The zero-order valence-electron chi connectivity index (χ0n) is 14.6. The van der Waals surface area contributed by atoms with Gasteiger partial charge >= 0.3 is 0 Å². The molecule has 9 heteroatoms. The van der Waals surface area contributed by atoms with Crippen molar-refractivity contribution in [2.45, 2.75) is 56.8 Å². The van der Waals surface area contributed by atoms with Crippen molar-refractivity contribution in [1.82, 2.24) is 20.8 Å². The lowest BCUT2D eigenvalue weighted by molar-refractivity contribution is -0.127. The third-order valence-corrected chi connectivity index (χ3v) is 6.83. The SMILES string of the molecule is CO[C@@H]1CC[C@H](C(=O)NCc2nnc(N)s2)C[C@H]1NC1CCSCC1. The number of aromatic nitrogens is 2. The van der Waals surface area contributed by atoms with Gasteiger partial charge in [-0.3, -0.25) is 4.79 Å². The number of hydrogen-bond acceptors (Lipinski definition) is 8. The van der Waals surface area contributed by atoms with Gasteiger partial charge in [0.1, 0.15) is 5.01 Å². The Morgan fingerprint density at radius 3 is 2.76 bits per heavy atom. The molecule has 1 amide bonds. The lowest BCUT2D eigenvalue weighted by Gasteiger charge is -2.38. The molecule has 25 heavy (non-hydrogen) atoms. The molecule has 3 atom stereocenters. The first kappa shape index (κ1) is 18.9. The Hall–Kier alpha value is -0.900. The highest BCUT2D eigenvalue weighted by atomic mass is 32.2. The van der Waals surface area contributed by atoms with Crippen molar-refractivity contribution in [3.63, 3.8) is 0 Å². The number of methoxy groups -OCH3 is 1. The van der Waals surface area contributed by atoms with Crippen molar-refractivity contribution in [3.05, 3.63) is 5.01 Å². The highest BCUT2D eigenvalue weighted by Crippen LogP contribution is 2.28. The summed E-state index contributed by atoms with van der Waals surface area (Å²) < 4.78 is 5.68. The lowest BCUT2D eigenvalue weighted by Crippen LogP contribution is -2.52. The number of nitrogens with zero attached hydrogens (tertiary/aromatic N) is 2. The van der Waals surface area contributed by atoms with Crippen LogP contribution in [0.25, 0.3) is 0 Å². The van der Waals surface area contributed by atoms with Crippen LogP contribution in [0.15, 0.2) is 0 Å². The number of anilines is 1.